The highest BCUT2D eigenvalue weighted by Crippen LogP contribution is 2.29. The first-order chi connectivity index (χ1) is 9.95. The van der Waals surface area contributed by atoms with E-state index in [-0.39, 0.29) is 5.41 Å². The smallest absolute Gasteiger partial charge is 0.140 e. The Bertz CT molecular complexity index is 604. The third-order valence-electron chi connectivity index (χ3n) is 4.44. The van der Waals surface area contributed by atoms with E-state index in [9.17, 15) is 0 Å². The average molecular weight is 283 g/mol. The first-order valence-electron chi connectivity index (χ1n) is 7.77. The number of nitrogens with zero attached hydrogens (tertiary/aromatic N) is 3. The molecule has 1 aliphatic heterocycles. The van der Waals surface area contributed by atoms with E-state index in [0.29, 0.717) is 6.04 Å². The normalized spacial score (nSPS) is 20.1. The minimum atomic E-state index is 0.197. The zero-order chi connectivity index (χ0) is 15.0. The zero-order valence-corrected chi connectivity index (χ0v) is 13.5. The van der Waals surface area contributed by atoms with Gasteiger partial charge in [0.05, 0.1) is 0 Å². The Morgan fingerprint density at radius 3 is 2.43 bits per heavy atom. The molecule has 1 aliphatic rings. The number of benzene rings is 1. The quantitative estimate of drug-likeness (QED) is 0.837. The third-order valence-corrected chi connectivity index (χ3v) is 4.44. The van der Waals surface area contributed by atoms with E-state index in [4.69, 9.17) is 0 Å². The van der Waals surface area contributed by atoms with Crippen molar-refractivity contribution < 1.29 is 0 Å². The van der Waals surface area contributed by atoms with Gasteiger partial charge in [-0.15, -0.1) is 0 Å². The van der Waals surface area contributed by atoms with Gasteiger partial charge in [0, 0.05) is 30.5 Å². The topological polar surface area (TPSA) is 21.1 Å². The van der Waals surface area contributed by atoms with Crippen molar-refractivity contribution >= 4 is 0 Å². The first-order valence-corrected chi connectivity index (χ1v) is 7.77. The molecule has 0 spiro atoms. The summed E-state index contributed by atoms with van der Waals surface area (Å²) >= 11 is 0. The molecule has 1 fully saturated rings. The summed E-state index contributed by atoms with van der Waals surface area (Å²) in [6.07, 6.45) is 5.25. The summed E-state index contributed by atoms with van der Waals surface area (Å²) in [7, 11) is 2.19. The van der Waals surface area contributed by atoms with Crippen LogP contribution in [0.3, 0.4) is 0 Å². The van der Waals surface area contributed by atoms with Crippen LogP contribution in [0.25, 0.3) is 11.4 Å². The maximum absolute atomic E-state index is 4.59. The Hall–Kier alpha value is -1.61. The molecule has 3 rings (SSSR count). The van der Waals surface area contributed by atoms with Gasteiger partial charge in [0.1, 0.15) is 5.82 Å². The van der Waals surface area contributed by atoms with Crippen LogP contribution in [0.5, 0.6) is 0 Å². The van der Waals surface area contributed by atoms with Crippen molar-refractivity contribution in [3.63, 3.8) is 0 Å². The SMILES string of the molecule is CN1CCC(n2ccnc2-c2ccc(C(C)(C)C)cc2)C1. The van der Waals surface area contributed by atoms with E-state index >= 15 is 0 Å². The van der Waals surface area contributed by atoms with E-state index in [0.717, 1.165) is 12.4 Å². The summed E-state index contributed by atoms with van der Waals surface area (Å²) in [6, 6.07) is 9.43. The van der Waals surface area contributed by atoms with Gasteiger partial charge in [-0.25, -0.2) is 4.98 Å². The first kappa shape index (κ1) is 14.3. The summed E-state index contributed by atoms with van der Waals surface area (Å²) in [4.78, 5) is 6.98. The second-order valence-electron chi connectivity index (χ2n) is 7.19. The number of hydrogen-bond donors (Lipinski definition) is 0. The molecule has 1 unspecified atom stereocenters. The second-order valence-corrected chi connectivity index (χ2v) is 7.19. The van der Waals surface area contributed by atoms with Crippen molar-refractivity contribution in [3.05, 3.63) is 42.2 Å². The molecule has 0 radical (unpaired) electrons. The molecule has 0 amide bonds. The van der Waals surface area contributed by atoms with Crippen LogP contribution < -0.4 is 0 Å². The van der Waals surface area contributed by atoms with Crippen molar-refractivity contribution in [2.24, 2.45) is 0 Å². The summed E-state index contributed by atoms with van der Waals surface area (Å²) < 4.78 is 2.34. The predicted molar refractivity (Wildman–Crippen MR) is 87.5 cm³/mol. The Morgan fingerprint density at radius 2 is 1.86 bits per heavy atom. The fourth-order valence-corrected chi connectivity index (χ4v) is 3.09. The molecule has 0 bridgehead atoms. The minimum absolute atomic E-state index is 0.197. The molecular weight excluding hydrogens is 258 g/mol. The summed E-state index contributed by atoms with van der Waals surface area (Å²) in [5.41, 5.74) is 2.77. The molecule has 2 aromatic rings. The molecule has 2 heterocycles. The lowest BCUT2D eigenvalue weighted by Gasteiger charge is -2.20. The highest BCUT2D eigenvalue weighted by molar-refractivity contribution is 5.56. The van der Waals surface area contributed by atoms with Crippen molar-refractivity contribution in [2.75, 3.05) is 20.1 Å². The minimum Gasteiger partial charge on any atom is -0.327 e. The number of hydrogen-bond acceptors (Lipinski definition) is 2. The molecule has 21 heavy (non-hydrogen) atoms. The number of likely N-dealkylation sites (tertiary alicyclic amines) is 1. The van der Waals surface area contributed by atoms with Gasteiger partial charge in [0.2, 0.25) is 0 Å². The van der Waals surface area contributed by atoms with Gasteiger partial charge in [-0.05, 0) is 31.0 Å². The average Bonchev–Trinajstić information content (AvgIpc) is 3.06. The Kier molecular flexibility index (Phi) is 3.62. The molecule has 0 aliphatic carbocycles. The highest BCUT2D eigenvalue weighted by Gasteiger charge is 2.23. The Labute approximate surface area is 127 Å². The van der Waals surface area contributed by atoms with Crippen LogP contribution >= 0.6 is 0 Å². The van der Waals surface area contributed by atoms with Crippen molar-refractivity contribution in [3.8, 4) is 11.4 Å². The maximum atomic E-state index is 4.59. The van der Waals surface area contributed by atoms with Gasteiger partial charge in [0.25, 0.3) is 0 Å². The van der Waals surface area contributed by atoms with Crippen LogP contribution in [0.2, 0.25) is 0 Å². The Morgan fingerprint density at radius 1 is 1.14 bits per heavy atom. The summed E-state index contributed by atoms with van der Waals surface area (Å²) in [5.74, 6) is 1.09. The van der Waals surface area contributed by atoms with Gasteiger partial charge >= 0.3 is 0 Å². The number of likely N-dealkylation sites (N-methyl/N-ethyl adjacent to an activating group) is 1. The van der Waals surface area contributed by atoms with E-state index in [2.05, 4.69) is 72.7 Å². The third kappa shape index (κ3) is 2.88. The van der Waals surface area contributed by atoms with Crippen LogP contribution in [-0.4, -0.2) is 34.6 Å². The van der Waals surface area contributed by atoms with Gasteiger partial charge in [-0.2, -0.15) is 0 Å². The molecule has 0 saturated carbocycles. The van der Waals surface area contributed by atoms with Gasteiger partial charge in [-0.1, -0.05) is 45.0 Å². The molecular formula is C18H25N3. The fraction of sp³-hybridized carbons (Fsp3) is 0.500. The van der Waals surface area contributed by atoms with Crippen LogP contribution in [0, 0.1) is 0 Å². The van der Waals surface area contributed by atoms with Gasteiger partial charge in [0.15, 0.2) is 0 Å². The van der Waals surface area contributed by atoms with Crippen LogP contribution in [0.15, 0.2) is 36.7 Å². The lowest BCUT2D eigenvalue weighted by Crippen LogP contribution is -2.16. The maximum Gasteiger partial charge on any atom is 0.140 e. The van der Waals surface area contributed by atoms with Crippen molar-refractivity contribution in [1.29, 1.82) is 0 Å². The number of rotatable bonds is 2. The lowest BCUT2D eigenvalue weighted by atomic mass is 9.86. The monoisotopic (exact) mass is 283 g/mol. The van der Waals surface area contributed by atoms with E-state index in [1.54, 1.807) is 0 Å². The molecule has 3 heteroatoms. The molecule has 3 nitrogen and oxygen atoms in total. The number of aromatic nitrogens is 2. The fourth-order valence-electron chi connectivity index (χ4n) is 3.09. The highest BCUT2D eigenvalue weighted by atomic mass is 15.2. The van der Waals surface area contributed by atoms with Crippen molar-refractivity contribution in [2.45, 2.75) is 38.6 Å². The zero-order valence-electron chi connectivity index (χ0n) is 13.5. The van der Waals surface area contributed by atoms with Crippen molar-refractivity contribution in [1.82, 2.24) is 14.5 Å². The molecule has 0 N–H and O–H groups in total. The van der Waals surface area contributed by atoms with E-state index < -0.39 is 0 Å². The summed E-state index contributed by atoms with van der Waals surface area (Å²) in [5, 5.41) is 0. The largest absolute Gasteiger partial charge is 0.327 e. The van der Waals surface area contributed by atoms with E-state index in [1.165, 1.54) is 24.1 Å². The van der Waals surface area contributed by atoms with Crippen LogP contribution in [0.4, 0.5) is 0 Å². The Balaban J connectivity index is 1.89. The van der Waals surface area contributed by atoms with Gasteiger partial charge < -0.3 is 9.47 Å². The van der Waals surface area contributed by atoms with Gasteiger partial charge in [-0.3, -0.25) is 0 Å². The van der Waals surface area contributed by atoms with Crippen LogP contribution in [-0.2, 0) is 5.41 Å². The molecule has 1 atom stereocenters. The van der Waals surface area contributed by atoms with Crippen LogP contribution in [0.1, 0.15) is 38.8 Å². The summed E-state index contributed by atoms with van der Waals surface area (Å²) in [6.45, 7) is 9.03. The number of imidazole rings is 1. The molecule has 112 valence electrons. The second kappa shape index (κ2) is 5.30. The lowest BCUT2D eigenvalue weighted by molar-refractivity contribution is 0.393. The van der Waals surface area contributed by atoms with E-state index in [1.807, 2.05) is 6.20 Å². The molecule has 1 aromatic heterocycles. The molecule has 1 aromatic carbocycles. The predicted octanol–water partition coefficient (Wildman–Crippen LogP) is 3.72. The standard InChI is InChI=1S/C18H25N3/c1-18(2,3)15-7-5-14(6-8-15)17-19-10-12-21(17)16-9-11-20(4)13-16/h5-8,10,12,16H,9,11,13H2,1-4H3. The molecule has 1 saturated heterocycles.